The molecule has 0 saturated carbocycles. The fourth-order valence-corrected chi connectivity index (χ4v) is 2.50. The van der Waals surface area contributed by atoms with Gasteiger partial charge in [0.25, 0.3) is 0 Å². The van der Waals surface area contributed by atoms with Crippen molar-refractivity contribution < 1.29 is 17.7 Å². The van der Waals surface area contributed by atoms with Gasteiger partial charge in [0, 0.05) is 17.9 Å². The Kier molecular flexibility index (Phi) is 6.57. The molecule has 0 saturated heterocycles. The van der Waals surface area contributed by atoms with Gasteiger partial charge in [0.2, 0.25) is 5.82 Å². The average molecular weight is 371 g/mol. The zero-order valence-corrected chi connectivity index (χ0v) is 14.1. The Morgan fingerprint density at radius 3 is 2.64 bits per heavy atom. The van der Waals surface area contributed by atoms with Gasteiger partial charge >= 0.3 is 12.1 Å². The number of hydrogen-bond donors (Lipinski definition) is 2. The van der Waals surface area contributed by atoms with Gasteiger partial charge in [-0.2, -0.15) is 18.2 Å². The van der Waals surface area contributed by atoms with Crippen molar-refractivity contribution in [2.45, 2.75) is 26.1 Å². The van der Waals surface area contributed by atoms with Crippen molar-refractivity contribution >= 4 is 23.3 Å². The molecule has 2 aromatic rings. The minimum absolute atomic E-state index is 0.114. The standard InChI is InChI=1S/C15H16F3N5OS/c1-2-7-25-14(21-9-19)20-8-10-3-5-11(6-4-10)12-22-13(24-23-12)15(16,17)18/h3-6,9H,2,7-8H2,1H3,(H2,19,20,21). The number of alkyl halides is 3. The second-order valence-corrected chi connectivity index (χ2v) is 5.97. The summed E-state index contributed by atoms with van der Waals surface area (Å²) in [6, 6.07) is 6.74. The van der Waals surface area contributed by atoms with Crippen LogP contribution in [0, 0.1) is 5.41 Å². The van der Waals surface area contributed by atoms with Gasteiger partial charge < -0.3 is 9.84 Å². The molecule has 1 aromatic carbocycles. The SMILES string of the molecule is CCCS/C(=N/C=N)NCc1ccc(-c2noc(C(F)(F)F)n2)cc1. The van der Waals surface area contributed by atoms with Gasteiger partial charge in [-0.25, -0.2) is 4.99 Å². The maximum absolute atomic E-state index is 12.5. The zero-order chi connectivity index (χ0) is 18.3. The van der Waals surface area contributed by atoms with Crippen LogP contribution in [0.5, 0.6) is 0 Å². The van der Waals surface area contributed by atoms with Gasteiger partial charge in [0.15, 0.2) is 5.17 Å². The van der Waals surface area contributed by atoms with Crippen molar-refractivity contribution in [2.75, 3.05) is 5.75 Å². The monoisotopic (exact) mass is 371 g/mol. The van der Waals surface area contributed by atoms with Crippen molar-refractivity contribution in [3.8, 4) is 11.4 Å². The Morgan fingerprint density at radius 2 is 2.08 bits per heavy atom. The van der Waals surface area contributed by atoms with Gasteiger partial charge in [-0.3, -0.25) is 5.41 Å². The van der Waals surface area contributed by atoms with Crippen LogP contribution in [0.1, 0.15) is 24.8 Å². The van der Waals surface area contributed by atoms with E-state index in [9.17, 15) is 13.2 Å². The Bertz CT molecular complexity index is 728. The smallest absolute Gasteiger partial charge is 0.361 e. The van der Waals surface area contributed by atoms with E-state index in [4.69, 9.17) is 5.41 Å². The summed E-state index contributed by atoms with van der Waals surface area (Å²) < 4.78 is 41.6. The highest BCUT2D eigenvalue weighted by Gasteiger charge is 2.38. The summed E-state index contributed by atoms with van der Waals surface area (Å²) in [6.45, 7) is 2.53. The van der Waals surface area contributed by atoms with Crippen LogP contribution < -0.4 is 5.32 Å². The molecule has 10 heteroatoms. The lowest BCUT2D eigenvalue weighted by molar-refractivity contribution is -0.159. The highest BCUT2D eigenvalue weighted by molar-refractivity contribution is 8.13. The van der Waals surface area contributed by atoms with E-state index in [0.29, 0.717) is 17.3 Å². The number of hydrogen-bond acceptors (Lipinski definition) is 5. The molecule has 0 aliphatic rings. The van der Waals surface area contributed by atoms with E-state index in [1.165, 1.54) is 11.8 Å². The normalized spacial score (nSPS) is 12.2. The Balaban J connectivity index is 2.01. The van der Waals surface area contributed by atoms with E-state index in [-0.39, 0.29) is 5.82 Å². The Hall–Kier alpha value is -2.36. The summed E-state index contributed by atoms with van der Waals surface area (Å²) in [5.74, 6) is -0.595. The first kappa shape index (κ1) is 19.0. The molecule has 0 bridgehead atoms. The molecular weight excluding hydrogens is 355 g/mol. The van der Waals surface area contributed by atoms with E-state index >= 15 is 0 Å². The summed E-state index contributed by atoms with van der Waals surface area (Å²) in [5, 5.41) is 14.2. The number of thioether (sulfide) groups is 1. The van der Waals surface area contributed by atoms with Crippen LogP contribution in [-0.2, 0) is 12.7 Å². The number of amidine groups is 1. The van der Waals surface area contributed by atoms with E-state index < -0.39 is 12.1 Å². The minimum Gasteiger partial charge on any atom is -0.361 e. The van der Waals surface area contributed by atoms with Crippen LogP contribution in [0.3, 0.4) is 0 Å². The first-order valence-electron chi connectivity index (χ1n) is 7.37. The predicted octanol–water partition coefficient (Wildman–Crippen LogP) is 3.95. The molecule has 0 spiro atoms. The van der Waals surface area contributed by atoms with E-state index in [1.807, 2.05) is 0 Å². The zero-order valence-electron chi connectivity index (χ0n) is 13.3. The molecule has 2 N–H and O–H groups in total. The number of aromatic nitrogens is 2. The fourth-order valence-electron chi connectivity index (χ4n) is 1.80. The Morgan fingerprint density at radius 1 is 1.36 bits per heavy atom. The maximum atomic E-state index is 12.5. The van der Waals surface area contributed by atoms with Crippen LogP contribution in [0.15, 0.2) is 33.8 Å². The number of aliphatic imine (C=N–C) groups is 1. The second-order valence-electron chi connectivity index (χ2n) is 4.88. The quantitative estimate of drug-likeness (QED) is 0.593. The molecule has 0 atom stereocenters. The van der Waals surface area contributed by atoms with Crippen LogP contribution in [0.4, 0.5) is 13.2 Å². The number of halogens is 3. The molecule has 0 radical (unpaired) electrons. The van der Waals surface area contributed by atoms with Gasteiger partial charge in [0.1, 0.15) is 6.34 Å². The third-order valence-corrected chi connectivity index (χ3v) is 4.08. The summed E-state index contributed by atoms with van der Waals surface area (Å²) in [6.07, 6.45) is -2.69. The van der Waals surface area contributed by atoms with Crippen molar-refractivity contribution in [1.29, 1.82) is 5.41 Å². The topological polar surface area (TPSA) is 87.2 Å². The van der Waals surface area contributed by atoms with Crippen LogP contribution in [-0.4, -0.2) is 27.4 Å². The van der Waals surface area contributed by atoms with Crippen molar-refractivity contribution in [3.63, 3.8) is 0 Å². The van der Waals surface area contributed by atoms with E-state index in [1.54, 1.807) is 24.3 Å². The van der Waals surface area contributed by atoms with Crippen molar-refractivity contribution in [1.82, 2.24) is 15.5 Å². The highest BCUT2D eigenvalue weighted by atomic mass is 32.2. The molecule has 0 aliphatic carbocycles. The van der Waals surface area contributed by atoms with Crippen LogP contribution in [0.2, 0.25) is 0 Å². The predicted molar refractivity (Wildman–Crippen MR) is 90.5 cm³/mol. The number of nitrogens with one attached hydrogen (secondary N) is 2. The number of rotatable bonds is 6. The molecule has 0 aliphatic heterocycles. The molecule has 1 heterocycles. The summed E-state index contributed by atoms with van der Waals surface area (Å²) in [5.41, 5.74) is 1.33. The lowest BCUT2D eigenvalue weighted by Gasteiger charge is -2.08. The highest BCUT2D eigenvalue weighted by Crippen LogP contribution is 2.29. The second kappa shape index (κ2) is 8.65. The third-order valence-electron chi connectivity index (χ3n) is 2.95. The molecule has 134 valence electrons. The number of nitrogens with zero attached hydrogens (tertiary/aromatic N) is 3. The summed E-state index contributed by atoms with van der Waals surface area (Å²) >= 11 is 1.52. The van der Waals surface area contributed by atoms with Gasteiger partial charge in [-0.1, -0.05) is 48.1 Å². The maximum Gasteiger partial charge on any atom is 0.471 e. The van der Waals surface area contributed by atoms with Crippen LogP contribution in [0.25, 0.3) is 11.4 Å². The van der Waals surface area contributed by atoms with Gasteiger partial charge in [-0.15, -0.1) is 0 Å². The summed E-state index contributed by atoms with van der Waals surface area (Å²) in [7, 11) is 0. The lowest BCUT2D eigenvalue weighted by atomic mass is 10.1. The fraction of sp³-hybridized carbons (Fsp3) is 0.333. The molecule has 0 unspecified atom stereocenters. The molecule has 0 amide bonds. The minimum atomic E-state index is -4.66. The van der Waals surface area contributed by atoms with E-state index in [0.717, 1.165) is 24.1 Å². The van der Waals surface area contributed by atoms with Crippen molar-refractivity contribution in [2.24, 2.45) is 4.99 Å². The van der Waals surface area contributed by atoms with Crippen LogP contribution >= 0.6 is 11.8 Å². The largest absolute Gasteiger partial charge is 0.471 e. The summed E-state index contributed by atoms with van der Waals surface area (Å²) in [4.78, 5) is 7.29. The molecule has 1 aromatic heterocycles. The lowest BCUT2D eigenvalue weighted by Crippen LogP contribution is -2.20. The first-order chi connectivity index (χ1) is 11.9. The molecule has 0 fully saturated rings. The van der Waals surface area contributed by atoms with Gasteiger partial charge in [-0.05, 0) is 12.0 Å². The third kappa shape index (κ3) is 5.59. The average Bonchev–Trinajstić information content (AvgIpc) is 3.08. The molecule has 6 nitrogen and oxygen atoms in total. The van der Waals surface area contributed by atoms with Gasteiger partial charge in [0.05, 0.1) is 0 Å². The Labute approximate surface area is 146 Å². The number of benzene rings is 1. The molecular formula is C15H16F3N5OS. The molecule has 2 rings (SSSR count). The van der Waals surface area contributed by atoms with Crippen molar-refractivity contribution in [3.05, 3.63) is 35.7 Å². The van der Waals surface area contributed by atoms with E-state index in [2.05, 4.69) is 31.9 Å². The first-order valence-corrected chi connectivity index (χ1v) is 8.36. The molecule has 25 heavy (non-hydrogen) atoms.